The molecule has 0 saturated heterocycles. The highest BCUT2D eigenvalue weighted by molar-refractivity contribution is 5.82. The second-order valence-corrected chi connectivity index (χ2v) is 7.41. The van der Waals surface area contributed by atoms with Crippen molar-refractivity contribution in [2.24, 2.45) is 0 Å². The van der Waals surface area contributed by atoms with Gasteiger partial charge in [-0.15, -0.1) is 0 Å². The molecule has 0 fully saturated rings. The summed E-state index contributed by atoms with van der Waals surface area (Å²) in [5, 5.41) is 7.65. The third-order valence-corrected chi connectivity index (χ3v) is 3.79. The summed E-state index contributed by atoms with van der Waals surface area (Å²) in [7, 11) is 0. The number of nitrogens with one attached hydrogen (secondary N) is 2. The molecule has 0 atom stereocenters. The van der Waals surface area contributed by atoms with Gasteiger partial charge in [0.25, 0.3) is 5.56 Å². The number of carbonyl (C=O) groups is 1. The van der Waals surface area contributed by atoms with E-state index in [4.69, 9.17) is 4.52 Å². The first-order valence-electron chi connectivity index (χ1n) is 8.49. The molecule has 3 aromatic rings. The maximum Gasteiger partial charge on any atom is 0.259 e. The lowest BCUT2D eigenvalue weighted by Crippen LogP contribution is -2.40. The Morgan fingerprint density at radius 1 is 1.27 bits per heavy atom. The Morgan fingerprint density at radius 2 is 2.04 bits per heavy atom. The standard InChI is InChI=1S/C19H22N4O3/c1-11-5-6-12-10-13(18(25)20-14(12)9-11)17-21-16(26-23-17)8-7-15(24)22-19(2,3)4/h5-6,9-10H,7-8H2,1-4H3,(H,20,25)(H,22,24). The van der Waals surface area contributed by atoms with Crippen LogP contribution in [0.3, 0.4) is 0 Å². The summed E-state index contributed by atoms with van der Waals surface area (Å²) in [6, 6.07) is 7.56. The van der Waals surface area contributed by atoms with Crippen molar-refractivity contribution in [2.75, 3.05) is 0 Å². The number of nitrogens with zero attached hydrogens (tertiary/aromatic N) is 2. The van der Waals surface area contributed by atoms with Crippen LogP contribution in [0.5, 0.6) is 0 Å². The van der Waals surface area contributed by atoms with Crippen molar-refractivity contribution in [1.29, 1.82) is 0 Å². The highest BCUT2D eigenvalue weighted by Crippen LogP contribution is 2.18. The lowest BCUT2D eigenvalue weighted by atomic mass is 10.1. The van der Waals surface area contributed by atoms with Crippen LogP contribution in [0, 0.1) is 6.92 Å². The van der Waals surface area contributed by atoms with Gasteiger partial charge in [0.2, 0.25) is 17.6 Å². The molecule has 136 valence electrons. The van der Waals surface area contributed by atoms with Gasteiger partial charge in [-0.2, -0.15) is 4.98 Å². The van der Waals surface area contributed by atoms with E-state index in [0.29, 0.717) is 17.9 Å². The van der Waals surface area contributed by atoms with Crippen LogP contribution in [0.4, 0.5) is 0 Å². The van der Waals surface area contributed by atoms with E-state index in [0.717, 1.165) is 16.5 Å². The van der Waals surface area contributed by atoms with Gasteiger partial charge in [0.15, 0.2) is 0 Å². The molecule has 7 nitrogen and oxygen atoms in total. The van der Waals surface area contributed by atoms with E-state index in [1.165, 1.54) is 0 Å². The highest BCUT2D eigenvalue weighted by atomic mass is 16.5. The van der Waals surface area contributed by atoms with Crippen molar-refractivity contribution in [3.05, 3.63) is 46.1 Å². The maximum absolute atomic E-state index is 12.3. The molecule has 1 aromatic carbocycles. The Hall–Kier alpha value is -2.96. The topological polar surface area (TPSA) is 101 Å². The molecule has 1 amide bonds. The van der Waals surface area contributed by atoms with Crippen LogP contribution in [0.2, 0.25) is 0 Å². The number of benzene rings is 1. The molecule has 3 rings (SSSR count). The number of carbonyl (C=O) groups excluding carboxylic acids is 1. The van der Waals surface area contributed by atoms with Gasteiger partial charge >= 0.3 is 0 Å². The molecule has 0 saturated carbocycles. The third-order valence-electron chi connectivity index (χ3n) is 3.79. The zero-order valence-electron chi connectivity index (χ0n) is 15.3. The first kappa shape index (κ1) is 17.8. The number of aromatic nitrogens is 3. The van der Waals surface area contributed by atoms with Crippen molar-refractivity contribution in [1.82, 2.24) is 20.4 Å². The van der Waals surface area contributed by atoms with Gasteiger partial charge in [0.1, 0.15) is 0 Å². The largest absolute Gasteiger partial charge is 0.351 e. The first-order chi connectivity index (χ1) is 12.2. The number of H-pyrrole nitrogens is 1. The lowest BCUT2D eigenvalue weighted by Gasteiger charge is -2.20. The number of hydrogen-bond acceptors (Lipinski definition) is 5. The first-order valence-corrected chi connectivity index (χ1v) is 8.49. The Morgan fingerprint density at radius 3 is 2.77 bits per heavy atom. The van der Waals surface area contributed by atoms with Gasteiger partial charge in [-0.1, -0.05) is 17.3 Å². The van der Waals surface area contributed by atoms with E-state index < -0.39 is 0 Å². The maximum atomic E-state index is 12.3. The Bertz CT molecular complexity index is 1010. The Labute approximate surface area is 150 Å². The summed E-state index contributed by atoms with van der Waals surface area (Å²) in [6.45, 7) is 7.72. The van der Waals surface area contributed by atoms with Crippen LogP contribution in [0.1, 0.15) is 38.6 Å². The summed E-state index contributed by atoms with van der Waals surface area (Å²) in [5.74, 6) is 0.462. The average molecular weight is 354 g/mol. The van der Waals surface area contributed by atoms with Crippen molar-refractivity contribution in [2.45, 2.75) is 46.1 Å². The molecule has 0 radical (unpaired) electrons. The zero-order chi connectivity index (χ0) is 18.9. The number of pyridine rings is 1. The molecule has 7 heteroatoms. The quantitative estimate of drug-likeness (QED) is 0.750. The SMILES string of the molecule is Cc1ccc2cc(-c3noc(CCC(=O)NC(C)(C)C)n3)c(=O)[nH]c2c1. The predicted octanol–water partition coefficient (Wildman–Crippen LogP) is 2.73. The second kappa shape index (κ2) is 6.74. The lowest BCUT2D eigenvalue weighted by molar-refractivity contribution is -0.122. The minimum atomic E-state index is -0.284. The van der Waals surface area contributed by atoms with E-state index in [1.807, 2.05) is 45.9 Å². The molecule has 0 aliphatic rings. The summed E-state index contributed by atoms with van der Waals surface area (Å²) in [4.78, 5) is 31.3. The van der Waals surface area contributed by atoms with Crippen molar-refractivity contribution < 1.29 is 9.32 Å². The molecule has 0 spiro atoms. The number of amides is 1. The van der Waals surface area contributed by atoms with E-state index in [1.54, 1.807) is 6.07 Å². The highest BCUT2D eigenvalue weighted by Gasteiger charge is 2.17. The fourth-order valence-corrected chi connectivity index (χ4v) is 2.65. The van der Waals surface area contributed by atoms with Crippen LogP contribution in [-0.4, -0.2) is 26.6 Å². The summed E-state index contributed by atoms with van der Waals surface area (Å²) < 4.78 is 5.19. The summed E-state index contributed by atoms with van der Waals surface area (Å²) in [6.07, 6.45) is 0.561. The van der Waals surface area contributed by atoms with E-state index in [9.17, 15) is 9.59 Å². The van der Waals surface area contributed by atoms with E-state index in [2.05, 4.69) is 20.4 Å². The molecular formula is C19H22N4O3. The molecule has 26 heavy (non-hydrogen) atoms. The van der Waals surface area contributed by atoms with E-state index >= 15 is 0 Å². The molecule has 0 aliphatic heterocycles. The second-order valence-electron chi connectivity index (χ2n) is 7.41. The van der Waals surface area contributed by atoms with Gasteiger partial charge < -0.3 is 14.8 Å². The fraction of sp³-hybridized carbons (Fsp3) is 0.368. The van der Waals surface area contributed by atoms with Crippen LogP contribution in [-0.2, 0) is 11.2 Å². The molecule has 0 aliphatic carbocycles. The number of aromatic amines is 1. The van der Waals surface area contributed by atoms with Gasteiger partial charge in [0.05, 0.1) is 5.56 Å². The Balaban J connectivity index is 1.78. The summed E-state index contributed by atoms with van der Waals surface area (Å²) in [5.41, 5.74) is 1.61. The van der Waals surface area contributed by atoms with Crippen molar-refractivity contribution in [3.8, 4) is 11.4 Å². The third kappa shape index (κ3) is 4.17. The minimum Gasteiger partial charge on any atom is -0.351 e. The summed E-state index contributed by atoms with van der Waals surface area (Å²) >= 11 is 0. The molecule has 0 bridgehead atoms. The zero-order valence-corrected chi connectivity index (χ0v) is 15.3. The molecule has 2 heterocycles. The average Bonchev–Trinajstić information content (AvgIpc) is 2.99. The van der Waals surface area contributed by atoms with Crippen LogP contribution >= 0.6 is 0 Å². The van der Waals surface area contributed by atoms with Gasteiger partial charge in [0, 0.05) is 23.9 Å². The van der Waals surface area contributed by atoms with Gasteiger partial charge in [-0.3, -0.25) is 9.59 Å². The predicted molar refractivity (Wildman–Crippen MR) is 98.8 cm³/mol. The van der Waals surface area contributed by atoms with Crippen LogP contribution < -0.4 is 10.9 Å². The molecule has 0 unspecified atom stereocenters. The normalized spacial score (nSPS) is 11.7. The van der Waals surface area contributed by atoms with Crippen LogP contribution in [0.25, 0.3) is 22.3 Å². The monoisotopic (exact) mass is 354 g/mol. The Kier molecular flexibility index (Phi) is 4.63. The molecule has 2 N–H and O–H groups in total. The van der Waals surface area contributed by atoms with Crippen molar-refractivity contribution in [3.63, 3.8) is 0 Å². The van der Waals surface area contributed by atoms with Crippen molar-refractivity contribution >= 4 is 16.8 Å². The fourth-order valence-electron chi connectivity index (χ4n) is 2.65. The number of hydrogen-bond donors (Lipinski definition) is 2. The van der Waals surface area contributed by atoms with E-state index in [-0.39, 0.29) is 29.3 Å². The van der Waals surface area contributed by atoms with Gasteiger partial charge in [-0.05, 0) is 50.8 Å². The molecule has 2 aromatic heterocycles. The smallest absolute Gasteiger partial charge is 0.259 e. The molecular weight excluding hydrogens is 332 g/mol. The number of aryl methyl sites for hydroxylation is 2. The number of fused-ring (bicyclic) bond motifs is 1. The van der Waals surface area contributed by atoms with Crippen LogP contribution in [0.15, 0.2) is 33.6 Å². The number of rotatable bonds is 4. The van der Waals surface area contributed by atoms with Gasteiger partial charge in [-0.25, -0.2) is 0 Å². The minimum absolute atomic E-state index is 0.0869.